The summed E-state index contributed by atoms with van der Waals surface area (Å²) in [6.07, 6.45) is -3.11. The standard InChI is InChI=1S/C29H28F5N5O3/c1-17-16-37(10-11-38(17)20-4-6-21(7-5-20)42-29(32,33)34)25-14-23(30)19(12-24(25)31)15-35-28(40)27-18(2)36-39-9-8-22(41-3)13-26(27)39/h4-9,12-14,17H,10-11,15-16H2,1-3H3,(H,35,40)/t17-/m0/s1. The van der Waals surface area contributed by atoms with Crippen molar-refractivity contribution >= 4 is 22.8 Å². The van der Waals surface area contributed by atoms with Crippen LogP contribution in [0.4, 0.5) is 33.3 Å². The highest BCUT2D eigenvalue weighted by Crippen LogP contribution is 2.30. The van der Waals surface area contributed by atoms with E-state index in [-0.39, 0.29) is 29.6 Å². The Kier molecular flexibility index (Phi) is 7.85. The molecule has 222 valence electrons. The minimum atomic E-state index is -4.77. The minimum Gasteiger partial charge on any atom is -0.497 e. The molecule has 0 saturated carbocycles. The van der Waals surface area contributed by atoms with Crippen LogP contribution >= 0.6 is 0 Å². The van der Waals surface area contributed by atoms with Gasteiger partial charge >= 0.3 is 6.36 Å². The number of methoxy groups -OCH3 is 1. The van der Waals surface area contributed by atoms with Crippen LogP contribution in [0.2, 0.25) is 0 Å². The van der Waals surface area contributed by atoms with Crippen LogP contribution in [0.15, 0.2) is 54.7 Å². The van der Waals surface area contributed by atoms with Crippen molar-refractivity contribution in [2.45, 2.75) is 32.8 Å². The molecular weight excluding hydrogens is 561 g/mol. The molecule has 1 saturated heterocycles. The topological polar surface area (TPSA) is 71.3 Å². The van der Waals surface area contributed by atoms with Crippen molar-refractivity contribution in [2.75, 3.05) is 36.5 Å². The van der Waals surface area contributed by atoms with Crippen LogP contribution in [0.5, 0.6) is 11.5 Å². The van der Waals surface area contributed by atoms with E-state index in [0.29, 0.717) is 47.8 Å². The SMILES string of the molecule is COc1ccn2nc(C)c(C(=O)NCc3cc(F)c(N4CCN(c5ccc(OC(F)(F)F)cc5)[C@@H](C)C4)cc3F)c2c1. The second-order valence-electron chi connectivity index (χ2n) is 9.96. The van der Waals surface area contributed by atoms with Gasteiger partial charge in [-0.15, -0.1) is 13.2 Å². The van der Waals surface area contributed by atoms with Gasteiger partial charge < -0.3 is 24.6 Å². The number of aryl methyl sites for hydroxylation is 1. The summed E-state index contributed by atoms with van der Waals surface area (Å²) in [4.78, 5) is 16.7. The van der Waals surface area contributed by atoms with Gasteiger partial charge in [-0.05, 0) is 50.2 Å². The third-order valence-electron chi connectivity index (χ3n) is 7.17. The Hall–Kier alpha value is -4.55. The van der Waals surface area contributed by atoms with Crippen LogP contribution in [-0.2, 0) is 6.54 Å². The molecule has 1 aliphatic rings. The molecule has 8 nitrogen and oxygen atoms in total. The zero-order valence-corrected chi connectivity index (χ0v) is 23.0. The third-order valence-corrected chi connectivity index (χ3v) is 7.17. The van der Waals surface area contributed by atoms with Crippen molar-refractivity contribution in [1.29, 1.82) is 0 Å². The number of piperazine rings is 1. The van der Waals surface area contributed by atoms with E-state index in [1.165, 1.54) is 31.4 Å². The Morgan fingerprint density at radius 1 is 1.05 bits per heavy atom. The lowest BCUT2D eigenvalue weighted by Crippen LogP contribution is -2.52. The van der Waals surface area contributed by atoms with Gasteiger partial charge in [0, 0.05) is 61.8 Å². The predicted octanol–water partition coefficient (Wildman–Crippen LogP) is 5.47. The fourth-order valence-electron chi connectivity index (χ4n) is 5.17. The maximum Gasteiger partial charge on any atom is 0.573 e. The smallest absolute Gasteiger partial charge is 0.497 e. The highest BCUT2D eigenvalue weighted by Gasteiger charge is 2.31. The van der Waals surface area contributed by atoms with Gasteiger partial charge in [0.2, 0.25) is 0 Å². The number of hydrogen-bond donors (Lipinski definition) is 1. The van der Waals surface area contributed by atoms with Gasteiger partial charge in [-0.3, -0.25) is 4.79 Å². The number of benzene rings is 2. The van der Waals surface area contributed by atoms with E-state index in [1.54, 1.807) is 34.7 Å². The van der Waals surface area contributed by atoms with Gasteiger partial charge in [-0.1, -0.05) is 0 Å². The summed E-state index contributed by atoms with van der Waals surface area (Å²) in [5, 5.41) is 6.97. The van der Waals surface area contributed by atoms with Crippen molar-refractivity contribution in [2.24, 2.45) is 0 Å². The molecule has 0 aliphatic carbocycles. The number of amides is 1. The highest BCUT2D eigenvalue weighted by atomic mass is 19.4. The molecule has 0 radical (unpaired) electrons. The van der Waals surface area contributed by atoms with Gasteiger partial charge in [-0.2, -0.15) is 5.10 Å². The van der Waals surface area contributed by atoms with Crippen LogP contribution in [0.25, 0.3) is 5.52 Å². The molecule has 2 aromatic heterocycles. The first-order valence-electron chi connectivity index (χ1n) is 13.1. The van der Waals surface area contributed by atoms with Crippen molar-refractivity contribution in [3.05, 3.63) is 83.2 Å². The number of ether oxygens (including phenoxy) is 2. The molecule has 1 aliphatic heterocycles. The number of fused-ring (bicyclic) bond motifs is 1. The lowest BCUT2D eigenvalue weighted by Gasteiger charge is -2.42. The second-order valence-corrected chi connectivity index (χ2v) is 9.96. The van der Waals surface area contributed by atoms with Gasteiger partial charge in [0.1, 0.15) is 23.1 Å². The monoisotopic (exact) mass is 589 g/mol. The van der Waals surface area contributed by atoms with E-state index in [0.717, 1.165) is 12.1 Å². The molecule has 0 bridgehead atoms. The van der Waals surface area contributed by atoms with E-state index in [4.69, 9.17) is 4.74 Å². The van der Waals surface area contributed by atoms with E-state index in [2.05, 4.69) is 15.2 Å². The van der Waals surface area contributed by atoms with Crippen molar-refractivity contribution in [1.82, 2.24) is 14.9 Å². The lowest BCUT2D eigenvalue weighted by molar-refractivity contribution is -0.274. The largest absolute Gasteiger partial charge is 0.573 e. The number of nitrogens with one attached hydrogen (secondary N) is 1. The van der Waals surface area contributed by atoms with E-state index >= 15 is 8.78 Å². The number of anilines is 2. The second kappa shape index (κ2) is 11.4. The Morgan fingerprint density at radius 2 is 1.79 bits per heavy atom. The summed E-state index contributed by atoms with van der Waals surface area (Å²) in [5.41, 5.74) is 2.07. The minimum absolute atomic E-state index is 0.0100. The summed E-state index contributed by atoms with van der Waals surface area (Å²) < 4.78 is 78.4. The summed E-state index contributed by atoms with van der Waals surface area (Å²) in [6.45, 7) is 4.48. The van der Waals surface area contributed by atoms with Gasteiger partial charge in [0.15, 0.2) is 0 Å². The number of pyridine rings is 1. The molecule has 42 heavy (non-hydrogen) atoms. The fourth-order valence-corrected chi connectivity index (χ4v) is 5.17. The third kappa shape index (κ3) is 6.04. The van der Waals surface area contributed by atoms with Crippen LogP contribution in [0.1, 0.15) is 28.5 Å². The first-order valence-corrected chi connectivity index (χ1v) is 13.1. The van der Waals surface area contributed by atoms with Crippen molar-refractivity contribution in [3.63, 3.8) is 0 Å². The average molecular weight is 590 g/mol. The molecular formula is C29H28F5N5O3. The molecule has 0 unspecified atom stereocenters. The first kappa shape index (κ1) is 29.0. The molecule has 2 aromatic carbocycles. The molecule has 13 heteroatoms. The molecule has 5 rings (SSSR count). The molecule has 3 heterocycles. The lowest BCUT2D eigenvalue weighted by atomic mass is 10.1. The number of aromatic nitrogens is 2. The molecule has 1 fully saturated rings. The Labute approximate surface area is 238 Å². The van der Waals surface area contributed by atoms with E-state index in [1.807, 2.05) is 11.8 Å². The van der Waals surface area contributed by atoms with Crippen molar-refractivity contribution in [3.8, 4) is 11.5 Å². The average Bonchev–Trinajstić information content (AvgIpc) is 3.27. The quantitative estimate of drug-likeness (QED) is 0.288. The summed E-state index contributed by atoms with van der Waals surface area (Å²) >= 11 is 0. The zero-order valence-electron chi connectivity index (χ0n) is 23.0. The fraction of sp³-hybridized carbons (Fsp3) is 0.310. The zero-order chi connectivity index (χ0) is 30.2. The van der Waals surface area contributed by atoms with Gasteiger partial charge in [0.25, 0.3) is 5.91 Å². The number of halogens is 5. The first-order chi connectivity index (χ1) is 19.9. The van der Waals surface area contributed by atoms with Crippen LogP contribution < -0.4 is 24.6 Å². The molecule has 0 spiro atoms. The van der Waals surface area contributed by atoms with Crippen LogP contribution in [-0.4, -0.2) is 54.7 Å². The van der Waals surface area contributed by atoms with E-state index in [9.17, 15) is 18.0 Å². The number of carbonyl (C=O) groups is 1. The maximum absolute atomic E-state index is 15.2. The van der Waals surface area contributed by atoms with Crippen molar-refractivity contribution < 1.29 is 36.2 Å². The normalized spacial score (nSPS) is 15.7. The molecule has 1 atom stereocenters. The number of alkyl halides is 3. The highest BCUT2D eigenvalue weighted by molar-refractivity contribution is 6.02. The van der Waals surface area contributed by atoms with E-state index < -0.39 is 23.9 Å². The van der Waals surface area contributed by atoms with Gasteiger partial charge in [0.05, 0.1) is 29.6 Å². The number of nitrogens with zero attached hydrogens (tertiary/aromatic N) is 4. The number of rotatable bonds is 7. The van der Waals surface area contributed by atoms with Gasteiger partial charge in [-0.25, -0.2) is 13.3 Å². The Morgan fingerprint density at radius 3 is 2.45 bits per heavy atom. The summed E-state index contributed by atoms with van der Waals surface area (Å²) in [5.74, 6) is -1.56. The summed E-state index contributed by atoms with van der Waals surface area (Å²) in [6, 6.07) is 11.0. The molecule has 4 aromatic rings. The maximum atomic E-state index is 15.2. The van der Waals surface area contributed by atoms with Crippen LogP contribution in [0, 0.1) is 18.6 Å². The summed E-state index contributed by atoms with van der Waals surface area (Å²) in [7, 11) is 1.51. The molecule has 1 N–H and O–H groups in total. The Bertz CT molecular complexity index is 1610. The molecule has 1 amide bonds. The Balaban J connectivity index is 1.25. The number of carbonyl (C=O) groups excluding carboxylic acids is 1. The predicted molar refractivity (Wildman–Crippen MR) is 146 cm³/mol. The number of hydrogen-bond acceptors (Lipinski definition) is 6. The van der Waals surface area contributed by atoms with Crippen LogP contribution in [0.3, 0.4) is 0 Å².